The van der Waals surface area contributed by atoms with Gasteiger partial charge in [0.15, 0.2) is 11.5 Å². The number of aryl methyl sites for hydroxylation is 1. The molecule has 2 saturated carbocycles. The molecule has 0 radical (unpaired) electrons. The van der Waals surface area contributed by atoms with Crippen LogP contribution in [0, 0.1) is 18.8 Å². The zero-order valence-electron chi connectivity index (χ0n) is 17.7. The lowest BCUT2D eigenvalue weighted by atomic mass is 9.68. The van der Waals surface area contributed by atoms with Crippen molar-refractivity contribution >= 4 is 29.0 Å². The Morgan fingerprint density at radius 1 is 1.24 bits per heavy atom. The number of nitrogens with one attached hydrogen (secondary N) is 4. The summed E-state index contributed by atoms with van der Waals surface area (Å²) in [6, 6.07) is -0.192. The van der Waals surface area contributed by atoms with Gasteiger partial charge in [0.25, 0.3) is 0 Å². The number of carbonyl (C=O) groups is 1. The third-order valence-corrected chi connectivity index (χ3v) is 7.50. The molecule has 8 atom stereocenters. The summed E-state index contributed by atoms with van der Waals surface area (Å²) in [6.45, 7) is 2.45. The molecule has 3 aliphatic rings. The van der Waals surface area contributed by atoms with Gasteiger partial charge in [0.1, 0.15) is 18.2 Å². The van der Waals surface area contributed by atoms with Crippen molar-refractivity contribution in [2.75, 3.05) is 11.9 Å². The molecular formula is C21H23ClF2N8O. The third kappa shape index (κ3) is 3.49. The molecule has 3 aromatic rings. The zero-order valence-corrected chi connectivity index (χ0v) is 18.4. The molecule has 2 aliphatic carbocycles. The summed E-state index contributed by atoms with van der Waals surface area (Å²) in [5.41, 5.74) is 8.27. The number of amides is 1. The van der Waals surface area contributed by atoms with Crippen LogP contribution in [0.4, 0.5) is 14.6 Å². The second kappa shape index (κ2) is 7.71. The number of imidazole rings is 2. The van der Waals surface area contributed by atoms with Crippen molar-refractivity contribution in [1.29, 1.82) is 0 Å². The number of hydrogen-bond acceptors (Lipinski definition) is 6. The van der Waals surface area contributed by atoms with Crippen LogP contribution < -0.4 is 16.2 Å². The highest BCUT2D eigenvalue weighted by molar-refractivity contribution is 6.21. The van der Waals surface area contributed by atoms with E-state index in [-0.39, 0.29) is 30.2 Å². The maximum absolute atomic E-state index is 15.7. The molecule has 33 heavy (non-hydrogen) atoms. The lowest BCUT2D eigenvalue weighted by molar-refractivity contribution is -0.117. The Kier molecular flexibility index (Phi) is 4.89. The number of halogens is 3. The second-order valence-electron chi connectivity index (χ2n) is 9.13. The molecule has 1 saturated heterocycles. The minimum atomic E-state index is -1.33. The molecule has 174 valence electrons. The minimum Gasteiger partial charge on any atom is -0.346 e. The van der Waals surface area contributed by atoms with Crippen molar-refractivity contribution in [2.24, 2.45) is 11.8 Å². The van der Waals surface area contributed by atoms with Gasteiger partial charge < -0.3 is 14.7 Å². The van der Waals surface area contributed by atoms with Crippen LogP contribution in [-0.2, 0) is 4.79 Å². The predicted molar refractivity (Wildman–Crippen MR) is 116 cm³/mol. The number of nitrogens with zero attached hydrogens (tertiary/aromatic N) is 4. The van der Waals surface area contributed by atoms with Crippen molar-refractivity contribution < 1.29 is 13.6 Å². The fourth-order valence-electron chi connectivity index (χ4n) is 5.22. The number of aromatic amines is 1. The van der Waals surface area contributed by atoms with E-state index in [0.29, 0.717) is 23.7 Å². The first-order valence-electron chi connectivity index (χ1n) is 11.0. The molecule has 0 bridgehead atoms. The quantitative estimate of drug-likeness (QED) is 0.428. The maximum atomic E-state index is 15.7. The van der Waals surface area contributed by atoms with Gasteiger partial charge in [-0.05, 0) is 13.3 Å². The summed E-state index contributed by atoms with van der Waals surface area (Å²) in [4.78, 5) is 28.3. The smallest absolute Gasteiger partial charge is 0.231 e. The van der Waals surface area contributed by atoms with Gasteiger partial charge in [0, 0.05) is 42.5 Å². The van der Waals surface area contributed by atoms with Crippen LogP contribution in [0.3, 0.4) is 0 Å². The molecule has 4 N–H and O–H groups in total. The van der Waals surface area contributed by atoms with Crippen molar-refractivity contribution in [1.82, 2.24) is 35.2 Å². The maximum Gasteiger partial charge on any atom is 0.231 e. The van der Waals surface area contributed by atoms with E-state index >= 15 is 4.39 Å². The predicted octanol–water partition coefficient (Wildman–Crippen LogP) is 1.98. The highest BCUT2D eigenvalue weighted by Crippen LogP contribution is 2.48. The number of hydrogen-bond donors (Lipinski definition) is 4. The Labute approximate surface area is 192 Å². The largest absolute Gasteiger partial charge is 0.346 e. The SMILES string of the molecule is Cc1ncc(C2C(F)C(Cl)C(c3cn4cc(NC(=O)[C@@H]5C[C@@H]5F)nc4cn3)C3CNNC32)[nH]1. The highest BCUT2D eigenvalue weighted by atomic mass is 35.5. The summed E-state index contributed by atoms with van der Waals surface area (Å²) in [7, 11) is 0. The van der Waals surface area contributed by atoms with E-state index in [1.54, 1.807) is 29.2 Å². The normalized spacial score (nSPS) is 35.5. The van der Waals surface area contributed by atoms with Gasteiger partial charge in [-0.2, -0.15) is 0 Å². The second-order valence-corrected chi connectivity index (χ2v) is 9.63. The number of anilines is 1. The van der Waals surface area contributed by atoms with E-state index in [2.05, 4.69) is 36.1 Å². The van der Waals surface area contributed by atoms with E-state index in [9.17, 15) is 9.18 Å². The monoisotopic (exact) mass is 476 g/mol. The Morgan fingerprint density at radius 2 is 2.06 bits per heavy atom. The van der Waals surface area contributed by atoms with E-state index in [1.165, 1.54) is 0 Å². The van der Waals surface area contributed by atoms with Gasteiger partial charge in [0.05, 0.1) is 35.3 Å². The number of rotatable bonds is 4. The minimum absolute atomic E-state index is 0.00268. The molecule has 1 aliphatic heterocycles. The van der Waals surface area contributed by atoms with Gasteiger partial charge in [-0.1, -0.05) is 0 Å². The molecule has 6 unspecified atom stereocenters. The van der Waals surface area contributed by atoms with Crippen LogP contribution in [0.15, 0.2) is 24.8 Å². The van der Waals surface area contributed by atoms with Gasteiger partial charge in [-0.15, -0.1) is 11.6 Å². The number of alkyl halides is 3. The van der Waals surface area contributed by atoms with Crippen LogP contribution in [0.25, 0.3) is 5.65 Å². The van der Waals surface area contributed by atoms with Crippen LogP contribution in [-0.4, -0.2) is 60.6 Å². The Bertz CT molecular complexity index is 1220. The fraction of sp³-hybridized carbons (Fsp3) is 0.524. The van der Waals surface area contributed by atoms with Crippen molar-refractivity contribution in [3.8, 4) is 0 Å². The summed E-state index contributed by atoms with van der Waals surface area (Å²) in [6.07, 6.45) is 4.51. The molecule has 3 aromatic heterocycles. The Hall–Kier alpha value is -2.63. The molecule has 6 rings (SSSR count). The summed E-state index contributed by atoms with van der Waals surface area (Å²) >= 11 is 6.74. The standard InChI is InChI=1S/C21H23ClF2N8O/c1-8-25-4-12(28-8)17-19(24)18(22)16(10-3-27-31-20(10)17)13-6-32-7-14(29-15(32)5-26-13)30-21(33)9-2-11(9)23/h4-7,9-11,16-20,27,31H,2-3H2,1H3,(H,25,28)(H,30,33)/t9-,10?,11+,16?,17?,18?,19?,20?/m1/s1. The topological polar surface area (TPSA) is 112 Å². The average Bonchev–Trinajstić information content (AvgIpc) is 3.16. The number of H-pyrrole nitrogens is 1. The first-order chi connectivity index (χ1) is 15.9. The summed E-state index contributed by atoms with van der Waals surface area (Å²) < 4.78 is 30.6. The van der Waals surface area contributed by atoms with E-state index in [4.69, 9.17) is 11.6 Å². The van der Waals surface area contributed by atoms with Gasteiger partial charge >= 0.3 is 0 Å². The Balaban J connectivity index is 1.29. The molecule has 9 nitrogen and oxygen atoms in total. The zero-order chi connectivity index (χ0) is 22.9. The number of fused-ring (bicyclic) bond motifs is 2. The van der Waals surface area contributed by atoms with Crippen LogP contribution >= 0.6 is 11.6 Å². The molecular weight excluding hydrogens is 454 g/mol. The molecule has 4 heterocycles. The van der Waals surface area contributed by atoms with Crippen LogP contribution in [0.1, 0.15) is 35.5 Å². The van der Waals surface area contributed by atoms with E-state index < -0.39 is 29.6 Å². The third-order valence-electron chi connectivity index (χ3n) is 6.99. The lowest BCUT2D eigenvalue weighted by Crippen LogP contribution is -2.52. The first kappa shape index (κ1) is 20.9. The first-order valence-corrected chi connectivity index (χ1v) is 11.4. The van der Waals surface area contributed by atoms with E-state index in [0.717, 1.165) is 11.5 Å². The molecule has 3 fully saturated rings. The van der Waals surface area contributed by atoms with E-state index in [1.807, 2.05) is 6.92 Å². The van der Waals surface area contributed by atoms with Crippen LogP contribution in [0.5, 0.6) is 0 Å². The number of hydrazine groups is 1. The molecule has 1 amide bonds. The highest BCUT2D eigenvalue weighted by Gasteiger charge is 2.54. The fourth-order valence-corrected chi connectivity index (χ4v) is 5.70. The Morgan fingerprint density at radius 3 is 2.79 bits per heavy atom. The number of carbonyl (C=O) groups excluding carboxylic acids is 1. The van der Waals surface area contributed by atoms with Crippen LogP contribution in [0.2, 0.25) is 0 Å². The van der Waals surface area contributed by atoms with Gasteiger partial charge in [-0.3, -0.25) is 20.6 Å². The molecule has 0 spiro atoms. The van der Waals surface area contributed by atoms with Gasteiger partial charge in [-0.25, -0.2) is 18.7 Å². The van der Waals surface area contributed by atoms with Gasteiger partial charge in [0.2, 0.25) is 5.91 Å². The summed E-state index contributed by atoms with van der Waals surface area (Å²) in [5, 5.41) is 1.85. The van der Waals surface area contributed by atoms with Crippen molar-refractivity contribution in [3.63, 3.8) is 0 Å². The van der Waals surface area contributed by atoms with Crippen molar-refractivity contribution in [3.05, 3.63) is 42.0 Å². The lowest BCUT2D eigenvalue weighted by Gasteiger charge is -2.43. The molecule has 0 aromatic carbocycles. The average molecular weight is 477 g/mol. The van der Waals surface area contributed by atoms with Crippen molar-refractivity contribution in [2.45, 2.75) is 48.9 Å². The number of aromatic nitrogens is 5. The molecule has 12 heteroatoms. The summed E-state index contributed by atoms with van der Waals surface area (Å²) in [5.74, 6) is -0.745.